The molecule has 3 rings (SSSR count). The zero-order chi connectivity index (χ0) is 14.3. The summed E-state index contributed by atoms with van der Waals surface area (Å²) >= 11 is 0. The van der Waals surface area contributed by atoms with Crippen LogP contribution in [0.1, 0.15) is 34.7 Å². The molecule has 102 valence electrons. The molecule has 0 aliphatic carbocycles. The van der Waals surface area contributed by atoms with Crippen molar-refractivity contribution in [3.05, 3.63) is 29.5 Å². The summed E-state index contributed by atoms with van der Waals surface area (Å²) in [5, 5.41) is 7.27. The number of rotatable bonds is 2. The number of nitrogens with one attached hydrogen (secondary N) is 1. The Morgan fingerprint density at radius 3 is 2.90 bits per heavy atom. The van der Waals surface area contributed by atoms with E-state index >= 15 is 0 Å². The quantitative estimate of drug-likeness (QED) is 0.650. The highest BCUT2D eigenvalue weighted by Gasteiger charge is 2.28. The van der Waals surface area contributed by atoms with Gasteiger partial charge in [-0.15, -0.1) is 0 Å². The Bertz CT molecular complexity index is 733. The van der Waals surface area contributed by atoms with Crippen LogP contribution >= 0.6 is 0 Å². The first-order chi connectivity index (χ1) is 9.60. The van der Waals surface area contributed by atoms with Crippen LogP contribution in [0.2, 0.25) is 0 Å². The van der Waals surface area contributed by atoms with Gasteiger partial charge in [0.25, 0.3) is 0 Å². The first-order valence-electron chi connectivity index (χ1n) is 6.34. The van der Waals surface area contributed by atoms with Crippen LogP contribution in [0.3, 0.4) is 0 Å². The van der Waals surface area contributed by atoms with Gasteiger partial charge in [-0.1, -0.05) is 0 Å². The standard InChI is InChI=1S/C14H13N3O3/c1-17-13-9(6-15-17)4-8(5-10(13)7-18)11-2-3-12(19)16-14(11)20/h4-7,11H,2-3H2,1H3,(H,16,19,20). The molecule has 6 nitrogen and oxygen atoms in total. The van der Waals surface area contributed by atoms with E-state index in [4.69, 9.17) is 0 Å². The normalized spacial score (nSPS) is 19.1. The molecule has 1 unspecified atom stereocenters. The van der Waals surface area contributed by atoms with E-state index in [2.05, 4.69) is 10.4 Å². The molecule has 1 atom stereocenters. The second kappa shape index (κ2) is 4.56. The fraction of sp³-hybridized carbons (Fsp3) is 0.286. The third-order valence-corrected chi connectivity index (χ3v) is 3.65. The van der Waals surface area contributed by atoms with Crippen LogP contribution in [0.25, 0.3) is 10.9 Å². The van der Waals surface area contributed by atoms with Gasteiger partial charge in [-0.05, 0) is 24.1 Å². The molecule has 1 aliphatic rings. The van der Waals surface area contributed by atoms with Crippen molar-refractivity contribution in [1.29, 1.82) is 0 Å². The average Bonchev–Trinajstić information content (AvgIpc) is 2.79. The highest BCUT2D eigenvalue weighted by atomic mass is 16.2. The topological polar surface area (TPSA) is 81.1 Å². The highest BCUT2D eigenvalue weighted by molar-refractivity contribution is 6.02. The molecule has 1 fully saturated rings. The summed E-state index contributed by atoms with van der Waals surface area (Å²) in [7, 11) is 1.76. The van der Waals surface area contributed by atoms with E-state index in [-0.39, 0.29) is 11.8 Å². The van der Waals surface area contributed by atoms with Gasteiger partial charge in [-0.2, -0.15) is 5.10 Å². The van der Waals surface area contributed by atoms with Gasteiger partial charge in [0.1, 0.15) is 0 Å². The summed E-state index contributed by atoms with van der Waals surface area (Å²) in [5.74, 6) is -0.943. The van der Waals surface area contributed by atoms with E-state index in [1.807, 2.05) is 6.07 Å². The number of benzene rings is 1. The number of fused-ring (bicyclic) bond motifs is 1. The smallest absolute Gasteiger partial charge is 0.234 e. The Morgan fingerprint density at radius 1 is 1.40 bits per heavy atom. The van der Waals surface area contributed by atoms with Gasteiger partial charge in [-0.25, -0.2) is 0 Å². The van der Waals surface area contributed by atoms with Crippen molar-refractivity contribution < 1.29 is 14.4 Å². The molecule has 1 aromatic heterocycles. The number of aldehydes is 1. The van der Waals surface area contributed by atoms with Crippen LogP contribution in [0.15, 0.2) is 18.3 Å². The first-order valence-corrected chi connectivity index (χ1v) is 6.34. The van der Waals surface area contributed by atoms with Crippen molar-refractivity contribution in [2.45, 2.75) is 18.8 Å². The fourth-order valence-corrected chi connectivity index (χ4v) is 2.69. The molecule has 2 amide bonds. The molecule has 2 aromatic rings. The lowest BCUT2D eigenvalue weighted by atomic mass is 9.89. The number of amides is 2. The van der Waals surface area contributed by atoms with Crippen molar-refractivity contribution in [2.75, 3.05) is 0 Å². The summed E-state index contributed by atoms with van der Waals surface area (Å²) < 4.78 is 1.63. The average molecular weight is 271 g/mol. The van der Waals surface area contributed by atoms with Gasteiger partial charge in [0.15, 0.2) is 6.29 Å². The van der Waals surface area contributed by atoms with Crippen molar-refractivity contribution >= 4 is 29.0 Å². The van der Waals surface area contributed by atoms with Crippen molar-refractivity contribution in [3.8, 4) is 0 Å². The molecule has 0 spiro atoms. The number of imide groups is 1. The van der Waals surface area contributed by atoms with E-state index in [9.17, 15) is 14.4 Å². The number of nitrogens with zero attached hydrogens (tertiary/aromatic N) is 2. The lowest BCUT2D eigenvalue weighted by molar-refractivity contribution is -0.134. The van der Waals surface area contributed by atoms with Crippen molar-refractivity contribution in [1.82, 2.24) is 15.1 Å². The van der Waals surface area contributed by atoms with E-state index in [1.54, 1.807) is 24.0 Å². The highest BCUT2D eigenvalue weighted by Crippen LogP contribution is 2.29. The van der Waals surface area contributed by atoms with Gasteiger partial charge < -0.3 is 0 Å². The van der Waals surface area contributed by atoms with Gasteiger partial charge in [0.2, 0.25) is 11.8 Å². The maximum atomic E-state index is 11.9. The van der Waals surface area contributed by atoms with Crippen molar-refractivity contribution in [2.24, 2.45) is 7.05 Å². The zero-order valence-electron chi connectivity index (χ0n) is 10.9. The first kappa shape index (κ1) is 12.5. The van der Waals surface area contributed by atoms with E-state index in [1.165, 1.54) is 0 Å². The number of aromatic nitrogens is 2. The van der Waals surface area contributed by atoms with E-state index in [0.717, 1.165) is 22.8 Å². The second-order valence-electron chi connectivity index (χ2n) is 4.94. The predicted molar refractivity (Wildman–Crippen MR) is 71.2 cm³/mol. The van der Waals surface area contributed by atoms with Crippen LogP contribution in [0.4, 0.5) is 0 Å². The molecule has 20 heavy (non-hydrogen) atoms. The molecule has 1 N–H and O–H groups in total. The maximum Gasteiger partial charge on any atom is 0.234 e. The summed E-state index contributed by atoms with van der Waals surface area (Å²) in [6.07, 6.45) is 3.21. The SMILES string of the molecule is Cn1ncc2cc(C3CCC(=O)NC3=O)cc(C=O)c21. The van der Waals surface area contributed by atoms with E-state index < -0.39 is 5.92 Å². The number of carbonyl (C=O) groups excluding carboxylic acids is 3. The minimum Gasteiger partial charge on any atom is -0.298 e. The number of aryl methyl sites for hydroxylation is 1. The maximum absolute atomic E-state index is 11.9. The van der Waals surface area contributed by atoms with Crippen LogP contribution in [-0.4, -0.2) is 27.9 Å². The Balaban J connectivity index is 2.10. The largest absolute Gasteiger partial charge is 0.298 e. The zero-order valence-corrected chi connectivity index (χ0v) is 10.9. The minimum absolute atomic E-state index is 0.246. The molecular formula is C14H13N3O3. The molecule has 0 radical (unpaired) electrons. The Hall–Kier alpha value is -2.50. The summed E-state index contributed by atoms with van der Waals surface area (Å²) in [6, 6.07) is 3.56. The molecular weight excluding hydrogens is 258 g/mol. The molecule has 0 bridgehead atoms. The number of hydrogen-bond acceptors (Lipinski definition) is 4. The summed E-state index contributed by atoms with van der Waals surface area (Å²) in [4.78, 5) is 34.3. The summed E-state index contributed by atoms with van der Waals surface area (Å²) in [5.41, 5.74) is 2.00. The van der Waals surface area contributed by atoms with Crippen molar-refractivity contribution in [3.63, 3.8) is 0 Å². The molecule has 6 heteroatoms. The monoisotopic (exact) mass is 271 g/mol. The Kier molecular flexibility index (Phi) is 2.85. The summed E-state index contributed by atoms with van der Waals surface area (Å²) in [6.45, 7) is 0. The van der Waals surface area contributed by atoms with Crippen LogP contribution in [-0.2, 0) is 16.6 Å². The van der Waals surface area contributed by atoms with Crippen LogP contribution in [0, 0.1) is 0 Å². The second-order valence-corrected chi connectivity index (χ2v) is 4.94. The number of hydrogen-bond donors (Lipinski definition) is 1. The van der Waals surface area contributed by atoms with Gasteiger partial charge in [0, 0.05) is 24.4 Å². The van der Waals surface area contributed by atoms with Gasteiger partial charge in [-0.3, -0.25) is 24.4 Å². The van der Waals surface area contributed by atoms with Crippen LogP contribution in [0.5, 0.6) is 0 Å². The molecule has 1 saturated heterocycles. The minimum atomic E-state index is -0.393. The lowest BCUT2D eigenvalue weighted by Gasteiger charge is -2.21. The molecule has 2 heterocycles. The number of piperidine rings is 1. The lowest BCUT2D eigenvalue weighted by Crippen LogP contribution is -2.39. The van der Waals surface area contributed by atoms with Crippen LogP contribution < -0.4 is 5.32 Å². The predicted octanol–water partition coefficient (Wildman–Crippen LogP) is 0.906. The molecule has 1 aromatic carbocycles. The van der Waals surface area contributed by atoms with E-state index in [0.29, 0.717) is 18.4 Å². The van der Waals surface area contributed by atoms with Gasteiger partial charge >= 0.3 is 0 Å². The third-order valence-electron chi connectivity index (χ3n) is 3.65. The molecule has 1 aliphatic heterocycles. The Morgan fingerprint density at radius 2 is 2.20 bits per heavy atom. The van der Waals surface area contributed by atoms with Gasteiger partial charge in [0.05, 0.1) is 17.6 Å². The Labute approximate surface area is 114 Å². The third kappa shape index (κ3) is 1.89. The fourth-order valence-electron chi connectivity index (χ4n) is 2.69. The molecule has 0 saturated carbocycles. The number of carbonyl (C=O) groups is 3.